The largest absolute Gasteiger partial charge is 0.507 e. The van der Waals surface area contributed by atoms with E-state index in [1.54, 1.807) is 42.5 Å². The Bertz CT molecular complexity index is 2350. The molecule has 3 heterocycles. The lowest BCUT2D eigenvalue weighted by Gasteiger charge is -2.50. The van der Waals surface area contributed by atoms with Gasteiger partial charge in [0.2, 0.25) is 11.8 Å². The number of carbonyl (C=O) groups excluding carboxylic acids is 4. The van der Waals surface area contributed by atoms with Gasteiger partial charge in [-0.15, -0.1) is 0 Å². The Balaban J connectivity index is 1.20. The minimum Gasteiger partial charge on any atom is -0.507 e. The molecule has 0 radical (unpaired) electrons. The first kappa shape index (κ1) is 37.6. The third-order valence-electron chi connectivity index (χ3n) is 12.6. The molecule has 4 aromatic carbocycles. The maximum atomic E-state index is 15.5. The van der Waals surface area contributed by atoms with Crippen LogP contribution in [0.25, 0.3) is 0 Å². The van der Waals surface area contributed by atoms with E-state index in [0.29, 0.717) is 40.8 Å². The SMILES string of the molecule is COc1cc(O)c([C@H]2C3=CC[C@@H]4C(=O)N(c5ccc(N6CCOCC6)cc5)C(=O)[C@@H]4[C@@H]3C[C@H]3C(=O)N(Nc4ccc(F)cc4)C(=O)[C@@]23c2ccc(Cl)cc2)c(OC)c1. The van der Waals surface area contributed by atoms with Crippen molar-refractivity contribution in [2.45, 2.75) is 24.2 Å². The molecule has 2 N–H and O–H groups in total. The molecule has 5 aliphatic rings. The van der Waals surface area contributed by atoms with Crippen LogP contribution >= 0.6 is 11.6 Å². The van der Waals surface area contributed by atoms with Crippen LogP contribution in [0.1, 0.15) is 29.9 Å². The molecular weight excluding hydrogens is 767 g/mol. The molecule has 1 saturated carbocycles. The second-order valence-corrected chi connectivity index (χ2v) is 15.7. The van der Waals surface area contributed by atoms with Gasteiger partial charge in [0.1, 0.15) is 23.1 Å². The summed E-state index contributed by atoms with van der Waals surface area (Å²) in [5.41, 5.74) is 4.20. The first-order valence-corrected chi connectivity index (χ1v) is 19.6. The molecule has 6 atom stereocenters. The van der Waals surface area contributed by atoms with Crippen molar-refractivity contribution in [3.8, 4) is 17.2 Å². The van der Waals surface area contributed by atoms with Gasteiger partial charge in [-0.2, -0.15) is 5.01 Å². The molecule has 3 saturated heterocycles. The van der Waals surface area contributed by atoms with Crippen LogP contribution in [0.5, 0.6) is 17.2 Å². The van der Waals surface area contributed by atoms with Crippen LogP contribution in [0.4, 0.5) is 21.5 Å². The van der Waals surface area contributed by atoms with Gasteiger partial charge in [0.15, 0.2) is 0 Å². The summed E-state index contributed by atoms with van der Waals surface area (Å²) in [6.45, 7) is 2.68. The number of phenolic OH excluding ortho intramolecular Hbond substituents is 1. The molecule has 3 aliphatic heterocycles. The Morgan fingerprint density at radius 2 is 1.53 bits per heavy atom. The molecule has 0 spiro atoms. The summed E-state index contributed by atoms with van der Waals surface area (Å²) in [4.78, 5) is 63.0. The Kier molecular flexibility index (Phi) is 9.39. The molecule has 0 aromatic heterocycles. The third kappa shape index (κ3) is 5.73. The lowest BCUT2D eigenvalue weighted by atomic mass is 9.49. The fraction of sp³-hybridized carbons (Fsp3) is 0.318. The number of benzene rings is 4. The van der Waals surface area contributed by atoms with E-state index in [2.05, 4.69) is 10.3 Å². The number of halogens is 2. The number of rotatable bonds is 8. The van der Waals surface area contributed by atoms with Gasteiger partial charge in [0.25, 0.3) is 11.8 Å². The second kappa shape index (κ2) is 14.5. The van der Waals surface area contributed by atoms with Gasteiger partial charge in [-0.25, -0.2) is 4.39 Å². The van der Waals surface area contributed by atoms with Crippen molar-refractivity contribution in [2.75, 3.05) is 55.7 Å². The Hall–Kier alpha value is -5.92. The molecule has 9 rings (SSSR count). The van der Waals surface area contributed by atoms with E-state index < -0.39 is 58.5 Å². The number of fused-ring (bicyclic) bond motifs is 4. The summed E-state index contributed by atoms with van der Waals surface area (Å²) in [6.07, 6.45) is 2.11. The van der Waals surface area contributed by atoms with E-state index >= 15 is 4.79 Å². The predicted molar refractivity (Wildman–Crippen MR) is 212 cm³/mol. The monoisotopic (exact) mass is 806 g/mol. The number of hydrazine groups is 1. The Labute approximate surface area is 338 Å². The zero-order chi connectivity index (χ0) is 40.5. The van der Waals surface area contributed by atoms with E-state index in [-0.39, 0.29) is 41.5 Å². The molecule has 0 bridgehead atoms. The number of amides is 4. The van der Waals surface area contributed by atoms with Gasteiger partial charge in [-0.1, -0.05) is 35.4 Å². The predicted octanol–water partition coefficient (Wildman–Crippen LogP) is 6.23. The summed E-state index contributed by atoms with van der Waals surface area (Å²) in [5.74, 6) is -6.71. The second-order valence-electron chi connectivity index (χ2n) is 15.3. The maximum Gasteiger partial charge on any atom is 0.260 e. The normalized spacial score (nSPS) is 26.6. The van der Waals surface area contributed by atoms with Gasteiger partial charge >= 0.3 is 0 Å². The highest BCUT2D eigenvalue weighted by atomic mass is 35.5. The summed E-state index contributed by atoms with van der Waals surface area (Å²) >= 11 is 6.41. The number of imide groups is 2. The molecule has 12 nitrogen and oxygen atoms in total. The van der Waals surface area contributed by atoms with Gasteiger partial charge < -0.3 is 24.2 Å². The highest BCUT2D eigenvalue weighted by molar-refractivity contribution is 6.30. The van der Waals surface area contributed by atoms with E-state index in [1.165, 1.54) is 49.5 Å². The third-order valence-corrected chi connectivity index (χ3v) is 12.8. The Morgan fingerprint density at radius 3 is 2.21 bits per heavy atom. The molecule has 4 aromatic rings. The summed E-state index contributed by atoms with van der Waals surface area (Å²) in [6, 6.07) is 22.3. The maximum absolute atomic E-state index is 15.5. The van der Waals surface area contributed by atoms with Crippen molar-refractivity contribution in [2.24, 2.45) is 23.7 Å². The number of hydrogen-bond acceptors (Lipinski definition) is 10. The van der Waals surface area contributed by atoms with Crippen molar-refractivity contribution in [1.82, 2.24) is 5.01 Å². The molecule has 4 amide bonds. The zero-order valence-corrected chi connectivity index (χ0v) is 32.4. The average molecular weight is 807 g/mol. The number of nitrogens with one attached hydrogen (secondary N) is 1. The first-order chi connectivity index (χ1) is 28.1. The van der Waals surface area contributed by atoms with Gasteiger partial charge in [-0.05, 0) is 85.0 Å². The average Bonchev–Trinajstić information content (AvgIpc) is 3.62. The number of aromatic hydroxyl groups is 1. The van der Waals surface area contributed by atoms with Crippen molar-refractivity contribution in [3.63, 3.8) is 0 Å². The summed E-state index contributed by atoms with van der Waals surface area (Å²) < 4.78 is 30.9. The molecule has 58 heavy (non-hydrogen) atoms. The molecule has 298 valence electrons. The molecule has 0 unspecified atom stereocenters. The lowest BCUT2D eigenvalue weighted by molar-refractivity contribution is -0.138. The number of allylic oxidation sites excluding steroid dienone is 2. The topological polar surface area (TPSA) is 138 Å². The van der Waals surface area contributed by atoms with E-state index in [0.717, 1.165) is 23.8 Å². The fourth-order valence-electron chi connectivity index (χ4n) is 10.0. The van der Waals surface area contributed by atoms with Crippen LogP contribution in [0.15, 0.2) is 96.6 Å². The van der Waals surface area contributed by atoms with Crippen LogP contribution < -0.4 is 24.7 Å². The molecule has 4 fully saturated rings. The number of phenols is 1. The van der Waals surface area contributed by atoms with Gasteiger partial charge in [0.05, 0.1) is 62.0 Å². The van der Waals surface area contributed by atoms with Gasteiger partial charge in [-0.3, -0.25) is 29.5 Å². The number of nitrogens with zero attached hydrogens (tertiary/aromatic N) is 3. The van der Waals surface area contributed by atoms with E-state index in [9.17, 15) is 23.9 Å². The minimum atomic E-state index is -1.72. The molecule has 14 heteroatoms. The number of anilines is 3. The van der Waals surface area contributed by atoms with Crippen LogP contribution in [-0.2, 0) is 29.3 Å². The number of ether oxygens (including phenoxy) is 3. The van der Waals surface area contributed by atoms with Crippen LogP contribution in [0.2, 0.25) is 5.02 Å². The number of carbonyl (C=O) groups is 4. The Morgan fingerprint density at radius 1 is 0.845 bits per heavy atom. The zero-order valence-electron chi connectivity index (χ0n) is 31.7. The van der Waals surface area contributed by atoms with Crippen LogP contribution in [0.3, 0.4) is 0 Å². The highest BCUT2D eigenvalue weighted by Crippen LogP contribution is 2.66. The van der Waals surface area contributed by atoms with Crippen LogP contribution in [0, 0.1) is 29.5 Å². The van der Waals surface area contributed by atoms with Crippen molar-refractivity contribution >= 4 is 52.3 Å². The number of hydrogen-bond donors (Lipinski definition) is 2. The van der Waals surface area contributed by atoms with Gasteiger partial charge in [0, 0.05) is 47.4 Å². The van der Waals surface area contributed by atoms with Crippen molar-refractivity contribution in [3.05, 3.63) is 119 Å². The van der Waals surface area contributed by atoms with E-state index in [4.69, 9.17) is 25.8 Å². The number of methoxy groups -OCH3 is 2. The van der Waals surface area contributed by atoms with Crippen LogP contribution in [-0.4, -0.2) is 74.3 Å². The standard InChI is InChI=1S/C44H40ClFN4O8/c1-56-30-21-35(51)38(36(22-30)57-2)39-31-15-16-32-37(42(54)49(40(32)52)29-13-11-28(12-14-29)48-17-19-58-20-18-48)33(31)23-34-41(53)50(47-27-9-7-26(46)8-10-27)43(55)44(34,39)24-3-5-25(45)6-4-24/h3-15,21-22,32-34,37,39,47,51H,16-20,23H2,1-2H3/t32-,33+,34-,37-,39+,44+/m0/s1. The number of morpholine rings is 1. The lowest BCUT2D eigenvalue weighted by Crippen LogP contribution is -2.53. The summed E-state index contributed by atoms with van der Waals surface area (Å²) in [7, 11) is 2.88. The fourth-order valence-corrected chi connectivity index (χ4v) is 10.1. The molecule has 2 aliphatic carbocycles. The highest BCUT2D eigenvalue weighted by Gasteiger charge is 2.71. The minimum absolute atomic E-state index is 0.0281. The van der Waals surface area contributed by atoms with E-state index in [1.807, 2.05) is 18.2 Å². The van der Waals surface area contributed by atoms with Crippen molar-refractivity contribution < 1.29 is 42.9 Å². The quantitative estimate of drug-likeness (QED) is 0.156. The summed E-state index contributed by atoms with van der Waals surface area (Å²) in [5, 5.41) is 13.3. The molecular formula is C44H40ClFN4O8. The van der Waals surface area contributed by atoms with Crippen molar-refractivity contribution in [1.29, 1.82) is 0 Å². The first-order valence-electron chi connectivity index (χ1n) is 19.2. The smallest absolute Gasteiger partial charge is 0.260 e.